The number of hydrogen-bond donors (Lipinski definition) is 3. The van der Waals surface area contributed by atoms with Crippen molar-refractivity contribution in [2.45, 2.75) is 78.4 Å². The smallest absolute Gasteiger partial charge is 0.393 e. The highest BCUT2D eigenvalue weighted by Gasteiger charge is 2.48. The third-order valence-corrected chi connectivity index (χ3v) is 19.4. The number of anilines is 4. The number of rotatable bonds is 21. The van der Waals surface area contributed by atoms with Crippen LogP contribution >= 0.6 is 32.1 Å². The number of alkyl halides is 3. The fourth-order valence-electron chi connectivity index (χ4n) is 10.1. The number of nitrogens with zero attached hydrogens (tertiary/aromatic N) is 5. The van der Waals surface area contributed by atoms with Crippen LogP contribution < -0.4 is 25.1 Å². The van der Waals surface area contributed by atoms with Gasteiger partial charge in [0.2, 0.25) is 0 Å². The standard InChI is InChI=1S/C55H64ClF4N6O7PS3/c1-37(2)66-38(3)54(76(4,69)70)52(53(66)39-10-12-41(56)13-11-39)40-32-42(57)34-46(33-40)64-28-26-63(27-29-64)44-14-16-45(17-15-44)65(30-31-73-68)74-48-18-19-50(51(35-48)77(71,72)55(58,59)60)61-43(36-75-49-8-6-5-7-9-49)20-23-62-24-21-47(67)22-25-62/h5-19,32-35,37,43,47,61,67-68,74H,20-31,36H2,1-4H3/t43-/m1/s1. The number of thioether (sulfide) groups is 1. The minimum Gasteiger partial charge on any atom is -0.393 e. The predicted molar refractivity (Wildman–Crippen MR) is 304 cm³/mol. The number of hydrogen-bond acceptors (Lipinski definition) is 13. The highest BCUT2D eigenvalue weighted by atomic mass is 35.5. The Kier molecular flexibility index (Phi) is 19.0. The molecule has 1 aromatic heterocycles. The Morgan fingerprint density at radius 2 is 1.49 bits per heavy atom. The SMILES string of the molecule is Cc1c(S(C)(=O)=O)c(-c2cc(F)cc(N3CCN(c4ccc(N(CCOO)Pc5ccc(N[C@H](CCN6CCC(O)CC6)CSc6ccccc6)c(S(=O)(=O)C(F)(F)F)c5)cc4)CC3)c2)c(-c2ccc(Cl)cc2)n1C(C)C. The topological polar surface area (TPSA) is 148 Å². The summed E-state index contributed by atoms with van der Waals surface area (Å²) in [5.74, 6) is -0.0696. The Bertz CT molecular complexity index is 3200. The largest absolute Gasteiger partial charge is 0.501 e. The summed E-state index contributed by atoms with van der Waals surface area (Å²) in [5, 5.41) is 23.4. The molecule has 0 radical (unpaired) electrons. The van der Waals surface area contributed by atoms with Crippen molar-refractivity contribution >= 4 is 79.8 Å². The molecule has 2 atom stereocenters. The summed E-state index contributed by atoms with van der Waals surface area (Å²) in [6.07, 6.45) is 2.56. The summed E-state index contributed by atoms with van der Waals surface area (Å²) in [5.41, 5.74) is -0.836. The number of piperidine rings is 1. The van der Waals surface area contributed by atoms with Gasteiger partial charge in [0, 0.05) is 123 Å². The molecule has 0 spiro atoms. The molecule has 8 rings (SSSR count). The first-order valence-electron chi connectivity index (χ1n) is 25.3. The van der Waals surface area contributed by atoms with Crippen molar-refractivity contribution < 1.29 is 49.6 Å². The van der Waals surface area contributed by atoms with Gasteiger partial charge in [-0.25, -0.2) is 26.1 Å². The molecule has 5 aromatic carbocycles. The van der Waals surface area contributed by atoms with E-state index < -0.39 is 41.9 Å². The van der Waals surface area contributed by atoms with Crippen LogP contribution in [0, 0.1) is 12.7 Å². The van der Waals surface area contributed by atoms with Crippen molar-refractivity contribution in [2.24, 2.45) is 0 Å². The third kappa shape index (κ3) is 14.1. The van der Waals surface area contributed by atoms with Gasteiger partial charge < -0.3 is 34.4 Å². The van der Waals surface area contributed by atoms with Crippen LogP contribution in [0.3, 0.4) is 0 Å². The molecule has 1 unspecified atom stereocenters. The average molecular weight is 1160 g/mol. The van der Waals surface area contributed by atoms with Gasteiger partial charge in [0.15, 0.2) is 9.84 Å². The van der Waals surface area contributed by atoms with Crippen molar-refractivity contribution in [3.05, 3.63) is 132 Å². The molecule has 2 fully saturated rings. The number of nitrogens with one attached hydrogen (secondary N) is 1. The zero-order chi connectivity index (χ0) is 55.2. The van der Waals surface area contributed by atoms with Crippen LogP contribution in [-0.2, 0) is 24.6 Å². The summed E-state index contributed by atoms with van der Waals surface area (Å²) in [4.78, 5) is 11.1. The molecule has 13 nitrogen and oxygen atoms in total. The number of aromatic nitrogens is 1. The van der Waals surface area contributed by atoms with E-state index in [9.17, 15) is 40.4 Å². The summed E-state index contributed by atoms with van der Waals surface area (Å²) in [7, 11) is -9.98. The number of benzene rings is 5. The fraction of sp³-hybridized carbons (Fsp3) is 0.382. The molecule has 2 saturated heterocycles. The van der Waals surface area contributed by atoms with Crippen LogP contribution in [0.25, 0.3) is 22.4 Å². The van der Waals surface area contributed by atoms with Crippen molar-refractivity contribution in [1.82, 2.24) is 9.47 Å². The highest BCUT2D eigenvalue weighted by Crippen LogP contribution is 2.45. The van der Waals surface area contributed by atoms with Gasteiger partial charge in [0.05, 0.1) is 33.9 Å². The lowest BCUT2D eigenvalue weighted by atomic mass is 9.99. The highest BCUT2D eigenvalue weighted by molar-refractivity contribution is 7.99. The lowest BCUT2D eigenvalue weighted by Gasteiger charge is -2.37. The summed E-state index contributed by atoms with van der Waals surface area (Å²) < 4.78 is 117. The summed E-state index contributed by atoms with van der Waals surface area (Å²) in [6, 6.07) is 32.4. The molecule has 0 saturated carbocycles. The van der Waals surface area contributed by atoms with Gasteiger partial charge in [-0.3, -0.25) is 5.26 Å². The number of sulfone groups is 2. The van der Waals surface area contributed by atoms with Crippen LogP contribution in [0.2, 0.25) is 5.02 Å². The number of aliphatic hydroxyl groups excluding tert-OH is 1. The third-order valence-electron chi connectivity index (χ3n) is 13.9. The number of aliphatic hydroxyl groups is 1. The van der Waals surface area contributed by atoms with E-state index in [2.05, 4.69) is 24.9 Å². The number of piperazine rings is 1. The van der Waals surface area contributed by atoms with Crippen molar-refractivity contribution in [3.8, 4) is 22.4 Å². The monoisotopic (exact) mass is 1160 g/mol. The van der Waals surface area contributed by atoms with Gasteiger partial charge in [-0.1, -0.05) is 48.0 Å². The molecule has 0 aliphatic carbocycles. The molecule has 22 heteroatoms. The minimum atomic E-state index is -5.82. The second-order valence-corrected chi connectivity index (χ2v) is 26.4. The zero-order valence-electron chi connectivity index (χ0n) is 43.2. The quantitative estimate of drug-likeness (QED) is 0.0207. The molecule has 3 N–H and O–H groups in total. The van der Waals surface area contributed by atoms with Crippen LogP contribution in [0.1, 0.15) is 44.8 Å². The van der Waals surface area contributed by atoms with E-state index in [4.69, 9.17) is 11.6 Å². The number of halogens is 5. The molecule has 77 heavy (non-hydrogen) atoms. The van der Waals surface area contributed by atoms with Crippen LogP contribution in [0.15, 0.2) is 130 Å². The number of likely N-dealkylation sites (tertiary alicyclic amines) is 1. The molecule has 6 aromatic rings. The van der Waals surface area contributed by atoms with Crippen LogP contribution in [0.5, 0.6) is 0 Å². The molecule has 0 amide bonds. The Hall–Kier alpha value is -4.89. The van der Waals surface area contributed by atoms with E-state index >= 15 is 4.39 Å². The maximum atomic E-state index is 15.8. The van der Waals surface area contributed by atoms with Gasteiger partial charge in [-0.05, 0) is 135 Å². The van der Waals surface area contributed by atoms with E-state index in [-0.39, 0.29) is 44.6 Å². The molecular weight excluding hydrogens is 1100 g/mol. The van der Waals surface area contributed by atoms with Gasteiger partial charge in [0.1, 0.15) is 5.82 Å². The lowest BCUT2D eigenvalue weighted by Crippen LogP contribution is -2.46. The maximum absolute atomic E-state index is 15.8. The fourth-order valence-corrected chi connectivity index (χ4v) is 14.7. The molecular formula is C55H64ClF4N6O7PS3. The minimum absolute atomic E-state index is 0.116. The Morgan fingerprint density at radius 3 is 2.10 bits per heavy atom. The van der Waals surface area contributed by atoms with E-state index in [0.717, 1.165) is 22.2 Å². The van der Waals surface area contributed by atoms with Gasteiger partial charge in [-0.15, -0.1) is 11.8 Å². The zero-order valence-corrected chi connectivity index (χ0v) is 47.4. The molecule has 2 aliphatic rings. The van der Waals surface area contributed by atoms with E-state index in [1.165, 1.54) is 36.2 Å². The van der Waals surface area contributed by atoms with Crippen molar-refractivity contribution in [2.75, 3.05) is 90.8 Å². The second kappa shape index (κ2) is 25.1. The van der Waals surface area contributed by atoms with E-state index in [1.54, 1.807) is 29.8 Å². The predicted octanol–water partition coefficient (Wildman–Crippen LogP) is 11.2. The lowest BCUT2D eigenvalue weighted by molar-refractivity contribution is -0.239. The molecule has 414 valence electrons. The van der Waals surface area contributed by atoms with Crippen molar-refractivity contribution in [1.29, 1.82) is 0 Å². The average Bonchev–Trinajstić information content (AvgIpc) is 3.77. The van der Waals surface area contributed by atoms with Gasteiger partial charge in [-0.2, -0.15) is 13.2 Å². The first-order chi connectivity index (χ1) is 36.6. The summed E-state index contributed by atoms with van der Waals surface area (Å²) in [6.45, 7) is 9.76. The molecule has 0 bridgehead atoms. The van der Waals surface area contributed by atoms with Gasteiger partial charge in [0.25, 0.3) is 9.84 Å². The van der Waals surface area contributed by atoms with E-state index in [0.29, 0.717) is 115 Å². The maximum Gasteiger partial charge on any atom is 0.501 e. The van der Waals surface area contributed by atoms with Crippen molar-refractivity contribution in [3.63, 3.8) is 0 Å². The van der Waals surface area contributed by atoms with E-state index in [1.807, 2.05) is 91.2 Å². The Labute approximate surface area is 459 Å². The van der Waals surface area contributed by atoms with Gasteiger partial charge >= 0.3 is 5.51 Å². The first-order valence-corrected chi connectivity index (χ1v) is 31.0. The Morgan fingerprint density at radius 1 is 0.844 bits per heavy atom. The first kappa shape index (κ1) is 58.3. The normalized spacial score (nSPS) is 15.7. The van der Waals surface area contributed by atoms with Crippen LogP contribution in [0.4, 0.5) is 40.3 Å². The molecule has 3 heterocycles. The molecule has 2 aliphatic heterocycles. The Balaban J connectivity index is 1.00. The van der Waals surface area contributed by atoms with Crippen LogP contribution in [-0.4, -0.2) is 125 Å². The summed E-state index contributed by atoms with van der Waals surface area (Å²) >= 11 is 7.78. The second-order valence-electron chi connectivity index (χ2n) is 19.7.